The van der Waals surface area contributed by atoms with E-state index in [-0.39, 0.29) is 15.7 Å². The maximum absolute atomic E-state index is 11.9. The van der Waals surface area contributed by atoms with Gasteiger partial charge in [-0.1, -0.05) is 51.1 Å². The van der Waals surface area contributed by atoms with Gasteiger partial charge in [0.05, 0.1) is 20.8 Å². The van der Waals surface area contributed by atoms with E-state index in [0.29, 0.717) is 0 Å². The van der Waals surface area contributed by atoms with Crippen LogP contribution in [-0.4, -0.2) is 14.7 Å². The molecule has 1 aromatic heterocycles. The highest BCUT2D eigenvalue weighted by Crippen LogP contribution is 2.28. The quantitative estimate of drug-likeness (QED) is 0.607. The van der Waals surface area contributed by atoms with Gasteiger partial charge in [0, 0.05) is 0 Å². The first kappa shape index (κ1) is 15.1. The first-order valence-corrected chi connectivity index (χ1v) is 6.42. The molecule has 0 amide bonds. The minimum atomic E-state index is -0.846. The van der Waals surface area contributed by atoms with Gasteiger partial charge in [-0.15, -0.1) is 0 Å². The van der Waals surface area contributed by atoms with E-state index in [2.05, 4.69) is 5.10 Å². The molecule has 0 spiro atoms. The van der Waals surface area contributed by atoms with Gasteiger partial charge in [0.2, 0.25) is 0 Å². The molecule has 104 valence electrons. The summed E-state index contributed by atoms with van der Waals surface area (Å²) in [5, 5.41) is 13.8. The molecule has 2 rings (SSSR count). The summed E-state index contributed by atoms with van der Waals surface area (Å²) in [6, 6.07) is 4.16. The molecule has 0 aliphatic rings. The molecule has 0 unspecified atom stereocenters. The Morgan fingerprint density at radius 1 is 1.10 bits per heavy atom. The minimum absolute atomic E-state index is 0.159. The number of aromatic nitrogens is 2. The lowest BCUT2D eigenvalue weighted by Crippen LogP contribution is -2.23. The van der Waals surface area contributed by atoms with Crippen LogP contribution in [0.4, 0.5) is 5.82 Å². The molecule has 0 N–H and O–H groups in total. The number of halogens is 4. The summed E-state index contributed by atoms with van der Waals surface area (Å²) >= 11 is 22.9. The van der Waals surface area contributed by atoms with E-state index in [0.717, 1.165) is 4.68 Å². The van der Waals surface area contributed by atoms with Crippen LogP contribution in [0.1, 0.15) is 0 Å². The van der Waals surface area contributed by atoms with Crippen molar-refractivity contribution in [1.82, 2.24) is 9.78 Å². The lowest BCUT2D eigenvalue weighted by atomic mass is 10.3. The Labute approximate surface area is 131 Å². The van der Waals surface area contributed by atoms with E-state index in [9.17, 15) is 14.9 Å². The van der Waals surface area contributed by atoms with Crippen molar-refractivity contribution in [3.05, 3.63) is 58.8 Å². The van der Waals surface area contributed by atoms with Crippen molar-refractivity contribution < 1.29 is 4.92 Å². The summed E-state index contributed by atoms with van der Waals surface area (Å²) in [6.45, 7) is 0. The second-order valence-corrected chi connectivity index (χ2v) is 5.09. The lowest BCUT2D eigenvalue weighted by Gasteiger charge is -2.04. The normalized spacial score (nSPS) is 10.6. The van der Waals surface area contributed by atoms with Crippen LogP contribution < -0.4 is 5.56 Å². The summed E-state index contributed by atoms with van der Waals surface area (Å²) in [5.41, 5.74) is -0.633. The molecule has 20 heavy (non-hydrogen) atoms. The van der Waals surface area contributed by atoms with Gasteiger partial charge in [-0.2, -0.15) is 0 Å². The third kappa shape index (κ3) is 2.60. The fourth-order valence-corrected chi connectivity index (χ4v) is 2.02. The second kappa shape index (κ2) is 5.57. The predicted octanol–water partition coefficient (Wildman–Crippen LogP) is 3.75. The molecule has 1 heterocycles. The van der Waals surface area contributed by atoms with Crippen LogP contribution in [0.15, 0.2) is 23.0 Å². The van der Waals surface area contributed by atoms with E-state index in [1.807, 2.05) is 0 Å². The Morgan fingerprint density at radius 3 is 2.30 bits per heavy atom. The van der Waals surface area contributed by atoms with Crippen LogP contribution >= 0.6 is 46.4 Å². The van der Waals surface area contributed by atoms with Gasteiger partial charge >= 0.3 is 11.4 Å². The maximum Gasteiger partial charge on any atom is 0.409 e. The molecule has 0 aliphatic heterocycles. The molecular weight excluding hydrogens is 352 g/mol. The van der Waals surface area contributed by atoms with Gasteiger partial charge in [0.25, 0.3) is 0 Å². The first-order valence-electron chi connectivity index (χ1n) is 4.91. The number of hydrogen-bond donors (Lipinski definition) is 0. The number of hydrogen-bond acceptors (Lipinski definition) is 4. The SMILES string of the molecule is O=c1c(Cl)c(Cl)c([N+](=O)[O-])nn1-c1ccc(Cl)c(Cl)c1. The Kier molecular flexibility index (Phi) is 4.19. The molecule has 0 aliphatic carbocycles. The van der Waals surface area contributed by atoms with Crippen molar-refractivity contribution in [1.29, 1.82) is 0 Å². The van der Waals surface area contributed by atoms with Crippen molar-refractivity contribution in [3.63, 3.8) is 0 Å². The van der Waals surface area contributed by atoms with Crippen LogP contribution in [0.2, 0.25) is 20.1 Å². The second-order valence-electron chi connectivity index (χ2n) is 3.52. The van der Waals surface area contributed by atoms with Crippen LogP contribution in [0.5, 0.6) is 0 Å². The first-order chi connectivity index (χ1) is 9.32. The molecule has 0 saturated heterocycles. The zero-order valence-electron chi connectivity index (χ0n) is 9.31. The van der Waals surface area contributed by atoms with E-state index in [1.165, 1.54) is 18.2 Å². The summed E-state index contributed by atoms with van der Waals surface area (Å²) in [5.74, 6) is -0.734. The van der Waals surface area contributed by atoms with Crippen molar-refractivity contribution in [2.45, 2.75) is 0 Å². The fraction of sp³-hybridized carbons (Fsp3) is 0. The lowest BCUT2D eigenvalue weighted by molar-refractivity contribution is -0.390. The summed E-state index contributed by atoms with van der Waals surface area (Å²) < 4.78 is 0.731. The molecule has 0 radical (unpaired) electrons. The van der Waals surface area contributed by atoms with Gasteiger partial charge in [-0.05, 0) is 23.1 Å². The Morgan fingerprint density at radius 2 is 1.75 bits per heavy atom. The van der Waals surface area contributed by atoms with Gasteiger partial charge in [0.15, 0.2) is 5.02 Å². The predicted molar refractivity (Wildman–Crippen MR) is 76.5 cm³/mol. The molecular formula is C10H3Cl4N3O3. The molecule has 0 bridgehead atoms. The molecule has 0 atom stereocenters. The molecule has 10 heteroatoms. The van der Waals surface area contributed by atoms with Crippen molar-refractivity contribution in [2.24, 2.45) is 0 Å². The van der Waals surface area contributed by atoms with Crippen molar-refractivity contribution >= 4 is 52.2 Å². The van der Waals surface area contributed by atoms with Crippen molar-refractivity contribution in [3.8, 4) is 5.69 Å². The Hall–Kier alpha value is -1.34. The van der Waals surface area contributed by atoms with E-state index in [1.54, 1.807) is 0 Å². The summed E-state index contributed by atoms with van der Waals surface area (Å²) in [7, 11) is 0. The Balaban J connectivity index is 2.77. The van der Waals surface area contributed by atoms with E-state index >= 15 is 0 Å². The summed E-state index contributed by atoms with van der Waals surface area (Å²) in [6.07, 6.45) is 0. The third-order valence-electron chi connectivity index (χ3n) is 2.28. The zero-order valence-corrected chi connectivity index (χ0v) is 12.3. The molecule has 0 fully saturated rings. The van der Waals surface area contributed by atoms with Crippen LogP contribution in [-0.2, 0) is 0 Å². The number of rotatable bonds is 2. The van der Waals surface area contributed by atoms with Crippen molar-refractivity contribution in [2.75, 3.05) is 0 Å². The average molecular weight is 355 g/mol. The standard InChI is InChI=1S/C10H3Cl4N3O3/c11-5-2-1-4(3-6(5)12)16-10(18)8(14)7(13)9(15-16)17(19)20/h1-3H. The van der Waals surface area contributed by atoms with Crippen LogP contribution in [0.25, 0.3) is 5.69 Å². The molecule has 0 saturated carbocycles. The van der Waals surface area contributed by atoms with Gasteiger partial charge < -0.3 is 10.1 Å². The number of nitro groups is 1. The van der Waals surface area contributed by atoms with E-state index in [4.69, 9.17) is 46.4 Å². The van der Waals surface area contributed by atoms with E-state index < -0.39 is 26.3 Å². The van der Waals surface area contributed by atoms with Gasteiger partial charge in [-0.3, -0.25) is 4.79 Å². The number of nitrogens with zero attached hydrogens (tertiary/aromatic N) is 3. The highest BCUT2D eigenvalue weighted by molar-refractivity contribution is 6.43. The minimum Gasteiger partial charge on any atom is -0.358 e. The maximum atomic E-state index is 11.9. The van der Waals surface area contributed by atoms with Gasteiger partial charge in [-0.25, -0.2) is 0 Å². The fourth-order valence-electron chi connectivity index (χ4n) is 1.38. The van der Waals surface area contributed by atoms with Crippen LogP contribution in [0.3, 0.4) is 0 Å². The zero-order chi connectivity index (χ0) is 15.0. The largest absolute Gasteiger partial charge is 0.409 e. The highest BCUT2D eigenvalue weighted by atomic mass is 35.5. The molecule has 6 nitrogen and oxygen atoms in total. The topological polar surface area (TPSA) is 78.0 Å². The van der Waals surface area contributed by atoms with Crippen LogP contribution in [0, 0.1) is 10.1 Å². The third-order valence-corrected chi connectivity index (χ3v) is 3.83. The van der Waals surface area contributed by atoms with Gasteiger partial charge in [0.1, 0.15) is 5.02 Å². The highest BCUT2D eigenvalue weighted by Gasteiger charge is 2.25. The summed E-state index contributed by atoms with van der Waals surface area (Å²) in [4.78, 5) is 21.9. The molecule has 1 aromatic carbocycles. The number of benzene rings is 1. The molecule has 2 aromatic rings. The Bertz CT molecular complexity index is 775. The smallest absolute Gasteiger partial charge is 0.358 e. The average Bonchev–Trinajstić information content (AvgIpc) is 2.39. The monoisotopic (exact) mass is 353 g/mol.